The van der Waals surface area contributed by atoms with Gasteiger partial charge in [0.1, 0.15) is 5.75 Å². The molecule has 1 aromatic heterocycles. The average molecular weight is 611 g/mol. The Morgan fingerprint density at radius 1 is 0.833 bits per heavy atom. The number of carbonyl (C=O) groups is 1. The van der Waals surface area contributed by atoms with E-state index < -0.39 is 44.0 Å². The Balaban J connectivity index is 1.63. The van der Waals surface area contributed by atoms with Gasteiger partial charge < -0.3 is 14.0 Å². The highest BCUT2D eigenvalue weighted by molar-refractivity contribution is 5.88. The fraction of sp³-hybridized carbons (Fsp3) is 0.370. The highest BCUT2D eigenvalue weighted by atomic mass is 19.3. The number of hydrogen-bond donors (Lipinski definition) is 0. The summed E-state index contributed by atoms with van der Waals surface area (Å²) in [5, 5.41) is 0.704. The minimum absolute atomic E-state index is 0.207. The predicted octanol–water partition coefficient (Wildman–Crippen LogP) is 7.24. The highest BCUT2D eigenvalue weighted by Gasteiger charge is 2.57. The number of carbonyl (C=O) groups excluding carboxylic acids is 1. The Morgan fingerprint density at radius 2 is 1.40 bits per heavy atom. The van der Waals surface area contributed by atoms with Crippen LogP contribution in [0.5, 0.6) is 5.75 Å². The lowest BCUT2D eigenvalue weighted by Gasteiger charge is -2.27. The third-order valence-corrected chi connectivity index (χ3v) is 5.58. The van der Waals surface area contributed by atoms with Crippen molar-refractivity contribution in [2.24, 2.45) is 7.05 Å². The molecule has 0 saturated carbocycles. The van der Waals surface area contributed by atoms with Crippen LogP contribution >= 0.6 is 0 Å². The minimum Gasteiger partial charge on any atom is -0.484 e. The summed E-state index contributed by atoms with van der Waals surface area (Å²) in [5.74, 6) is -1.63. The predicted molar refractivity (Wildman–Crippen MR) is 132 cm³/mol. The molecule has 0 aliphatic rings. The Labute approximate surface area is 234 Å². The standard InChI is InChI=1S/C27H25F8NO6/c1-5-17-6-8-18(9-7-17)21-12-19-10-11-20(13-22(19)36(21)4)38-14-24(28,29)40-26(32,33)42-27(34,35)41-25(30,31)15-39-23(37)16(2)3/h6-13H,2,5,14-15H2,1,3-4H3. The maximum absolute atomic E-state index is 14.1. The molecule has 1 heterocycles. The molecule has 0 N–H and O–H groups in total. The van der Waals surface area contributed by atoms with Gasteiger partial charge in [-0.15, -0.1) is 17.6 Å². The lowest BCUT2D eigenvalue weighted by atomic mass is 10.1. The van der Waals surface area contributed by atoms with Crippen molar-refractivity contribution >= 4 is 16.9 Å². The zero-order chi connectivity index (χ0) is 31.5. The first-order valence-corrected chi connectivity index (χ1v) is 12.1. The lowest BCUT2D eigenvalue weighted by molar-refractivity contribution is -0.574. The quantitative estimate of drug-likeness (QED) is 0.0829. The van der Waals surface area contributed by atoms with Crippen LogP contribution < -0.4 is 4.74 Å². The van der Waals surface area contributed by atoms with Gasteiger partial charge in [0.15, 0.2) is 13.2 Å². The van der Waals surface area contributed by atoms with Gasteiger partial charge in [0.2, 0.25) is 0 Å². The molecule has 3 aromatic rings. The van der Waals surface area contributed by atoms with E-state index >= 15 is 0 Å². The molecule has 0 spiro atoms. The summed E-state index contributed by atoms with van der Waals surface area (Å²) in [7, 11) is 1.71. The van der Waals surface area contributed by atoms with E-state index in [-0.39, 0.29) is 11.3 Å². The molecule has 15 heteroatoms. The first kappa shape index (κ1) is 32.8. The second-order valence-corrected chi connectivity index (χ2v) is 9.01. The van der Waals surface area contributed by atoms with Crippen LogP contribution in [0.1, 0.15) is 19.4 Å². The van der Waals surface area contributed by atoms with Crippen molar-refractivity contribution in [2.45, 2.75) is 45.1 Å². The maximum Gasteiger partial charge on any atom is 0.496 e. The molecular formula is C27H25F8NO6. The van der Waals surface area contributed by atoms with Gasteiger partial charge in [0, 0.05) is 29.8 Å². The Bertz CT molecular complexity index is 1420. The van der Waals surface area contributed by atoms with Gasteiger partial charge >= 0.3 is 30.8 Å². The van der Waals surface area contributed by atoms with E-state index in [1.54, 1.807) is 11.6 Å². The molecule has 0 aliphatic carbocycles. The van der Waals surface area contributed by atoms with Gasteiger partial charge in [-0.2, -0.15) is 17.6 Å². The summed E-state index contributed by atoms with van der Waals surface area (Å²) in [4.78, 5) is 11.1. The van der Waals surface area contributed by atoms with Gasteiger partial charge in [0.05, 0.1) is 5.52 Å². The van der Waals surface area contributed by atoms with Crippen LogP contribution in [0.4, 0.5) is 35.1 Å². The summed E-state index contributed by atoms with van der Waals surface area (Å²) >= 11 is 0. The smallest absolute Gasteiger partial charge is 0.484 e. The number of aromatic nitrogens is 1. The summed E-state index contributed by atoms with van der Waals surface area (Å²) in [6.07, 6.45) is -20.9. The third kappa shape index (κ3) is 8.90. The molecule has 3 rings (SSSR count). The van der Waals surface area contributed by atoms with E-state index in [9.17, 15) is 39.9 Å². The molecule has 7 nitrogen and oxygen atoms in total. The van der Waals surface area contributed by atoms with Gasteiger partial charge in [0.25, 0.3) is 0 Å². The third-order valence-electron chi connectivity index (χ3n) is 5.58. The van der Waals surface area contributed by atoms with Crippen LogP contribution in [0.15, 0.2) is 60.7 Å². The number of aryl methyl sites for hydroxylation is 2. The topological polar surface area (TPSA) is 68.2 Å². The van der Waals surface area contributed by atoms with E-state index in [4.69, 9.17) is 4.74 Å². The molecule has 2 aromatic carbocycles. The number of nitrogens with zero attached hydrogens (tertiary/aromatic N) is 1. The van der Waals surface area contributed by atoms with Crippen molar-refractivity contribution in [3.05, 3.63) is 66.2 Å². The number of rotatable bonds is 14. The van der Waals surface area contributed by atoms with Crippen molar-refractivity contribution in [3.8, 4) is 17.0 Å². The van der Waals surface area contributed by atoms with Crippen molar-refractivity contribution < 1.29 is 63.6 Å². The zero-order valence-electron chi connectivity index (χ0n) is 22.4. The molecule has 0 amide bonds. The van der Waals surface area contributed by atoms with E-state index in [0.29, 0.717) is 10.9 Å². The number of benzene rings is 2. The molecule has 0 unspecified atom stereocenters. The molecule has 0 aliphatic heterocycles. The molecule has 0 atom stereocenters. The summed E-state index contributed by atoms with van der Waals surface area (Å²) in [6.45, 7) is 2.06. The van der Waals surface area contributed by atoms with Crippen LogP contribution in [0.25, 0.3) is 22.2 Å². The molecule has 0 saturated heterocycles. The first-order chi connectivity index (χ1) is 19.3. The van der Waals surface area contributed by atoms with E-state index in [2.05, 4.69) is 25.5 Å². The Kier molecular flexibility index (Phi) is 9.59. The Morgan fingerprint density at radius 3 is 1.95 bits per heavy atom. The number of hydrogen-bond acceptors (Lipinski definition) is 6. The van der Waals surface area contributed by atoms with Crippen LogP contribution in [0, 0.1) is 0 Å². The Hall–Kier alpha value is -3.69. The number of fused-ring (bicyclic) bond motifs is 1. The van der Waals surface area contributed by atoms with E-state index in [1.807, 2.05) is 37.3 Å². The SMILES string of the molecule is C=C(C)C(=O)OCC(F)(F)OC(F)(F)OC(F)(F)OC(F)(F)COc1ccc2cc(-c3ccc(CC)cc3)n(C)c2c1. The molecule has 0 fully saturated rings. The molecular weight excluding hydrogens is 586 g/mol. The second-order valence-electron chi connectivity index (χ2n) is 9.01. The largest absolute Gasteiger partial charge is 0.496 e. The molecule has 0 radical (unpaired) electrons. The summed E-state index contributed by atoms with van der Waals surface area (Å²) in [6, 6.07) is 13.7. The van der Waals surface area contributed by atoms with Crippen LogP contribution in [-0.4, -0.2) is 48.6 Å². The van der Waals surface area contributed by atoms with Crippen molar-refractivity contribution in [2.75, 3.05) is 13.2 Å². The van der Waals surface area contributed by atoms with Gasteiger partial charge in [-0.05, 0) is 42.7 Å². The fourth-order valence-electron chi connectivity index (χ4n) is 3.61. The first-order valence-electron chi connectivity index (χ1n) is 12.1. The van der Waals surface area contributed by atoms with Crippen molar-refractivity contribution in [1.29, 1.82) is 0 Å². The lowest BCUT2D eigenvalue weighted by Crippen LogP contribution is -2.46. The van der Waals surface area contributed by atoms with Crippen molar-refractivity contribution in [1.82, 2.24) is 4.57 Å². The molecule has 230 valence electrons. The number of ether oxygens (including phenoxy) is 5. The second kappa shape index (κ2) is 12.3. The van der Waals surface area contributed by atoms with Gasteiger partial charge in [-0.1, -0.05) is 37.8 Å². The number of alkyl halides is 8. The highest BCUT2D eigenvalue weighted by Crippen LogP contribution is 2.37. The number of halogens is 8. The maximum atomic E-state index is 14.1. The van der Waals surface area contributed by atoms with Crippen LogP contribution in [0.3, 0.4) is 0 Å². The average Bonchev–Trinajstić information content (AvgIpc) is 3.19. The van der Waals surface area contributed by atoms with Crippen molar-refractivity contribution in [3.63, 3.8) is 0 Å². The van der Waals surface area contributed by atoms with Gasteiger partial charge in [-0.3, -0.25) is 0 Å². The molecule has 0 bridgehead atoms. The minimum atomic E-state index is -5.87. The normalized spacial score (nSPS) is 12.9. The summed E-state index contributed by atoms with van der Waals surface area (Å²) < 4.78 is 129. The molecule has 42 heavy (non-hydrogen) atoms. The fourth-order valence-corrected chi connectivity index (χ4v) is 3.61. The van der Waals surface area contributed by atoms with E-state index in [1.165, 1.54) is 18.2 Å². The number of esters is 1. The zero-order valence-corrected chi connectivity index (χ0v) is 22.4. The van der Waals surface area contributed by atoms with Crippen LogP contribution in [0.2, 0.25) is 0 Å². The van der Waals surface area contributed by atoms with E-state index in [0.717, 1.165) is 30.2 Å². The monoisotopic (exact) mass is 611 g/mol. The summed E-state index contributed by atoms with van der Waals surface area (Å²) in [5.41, 5.74) is 2.94. The van der Waals surface area contributed by atoms with Crippen LogP contribution in [-0.2, 0) is 37.2 Å². The van der Waals surface area contributed by atoms with Gasteiger partial charge in [-0.25, -0.2) is 19.0 Å².